The van der Waals surface area contributed by atoms with Crippen molar-refractivity contribution in [3.63, 3.8) is 0 Å². The van der Waals surface area contributed by atoms with Gasteiger partial charge in [0.25, 0.3) is 11.8 Å². The second kappa shape index (κ2) is 20.2. The average Bonchev–Trinajstić information content (AvgIpc) is 3.65. The van der Waals surface area contributed by atoms with E-state index in [1.165, 1.54) is 9.80 Å². The van der Waals surface area contributed by atoms with E-state index in [9.17, 15) is 33.6 Å². The largest absolute Gasteiger partial charge is 0.493 e. The van der Waals surface area contributed by atoms with E-state index in [1.807, 2.05) is 0 Å². The first-order valence-electron chi connectivity index (χ1n) is 19.1. The van der Waals surface area contributed by atoms with Crippen molar-refractivity contribution in [3.8, 4) is 5.75 Å². The van der Waals surface area contributed by atoms with Crippen LogP contribution in [0.15, 0.2) is 84.9 Å². The summed E-state index contributed by atoms with van der Waals surface area (Å²) in [5.74, 6) is -4.18. The van der Waals surface area contributed by atoms with E-state index in [4.69, 9.17) is 9.47 Å². The van der Waals surface area contributed by atoms with Crippen molar-refractivity contribution in [1.82, 2.24) is 31.1 Å². The zero-order chi connectivity index (χ0) is 40.9. The number of nitrogens with zero attached hydrogens (tertiary/aromatic N) is 2. The van der Waals surface area contributed by atoms with Gasteiger partial charge in [0.2, 0.25) is 29.4 Å². The molecule has 0 radical (unpaired) electrons. The van der Waals surface area contributed by atoms with Gasteiger partial charge in [-0.2, -0.15) is 0 Å². The van der Waals surface area contributed by atoms with Crippen LogP contribution in [0.4, 0.5) is 0 Å². The fourth-order valence-electron chi connectivity index (χ4n) is 6.79. The van der Waals surface area contributed by atoms with E-state index >= 15 is 0 Å². The molecule has 4 bridgehead atoms. The van der Waals surface area contributed by atoms with Crippen LogP contribution in [-0.4, -0.2) is 110 Å². The van der Waals surface area contributed by atoms with Crippen LogP contribution in [-0.2, 0) is 44.7 Å². The Balaban J connectivity index is 1.30. The Bertz CT molecular complexity index is 1910. The maximum atomic E-state index is 14.4. The Morgan fingerprint density at radius 1 is 0.912 bits per heavy atom. The molecule has 0 aromatic heterocycles. The lowest BCUT2D eigenvalue weighted by atomic mass is 10.0. The summed E-state index contributed by atoms with van der Waals surface area (Å²) >= 11 is 0. The molecule has 6 amide bonds. The second-order valence-corrected chi connectivity index (χ2v) is 14.2. The van der Waals surface area contributed by atoms with Gasteiger partial charge < -0.3 is 40.5 Å². The molecular formula is C42H50N6O9. The molecule has 3 aromatic rings. The van der Waals surface area contributed by atoms with Crippen LogP contribution in [0.25, 0.3) is 0 Å². The quantitative estimate of drug-likeness (QED) is 0.198. The van der Waals surface area contributed by atoms with Gasteiger partial charge in [-0.05, 0) is 35.2 Å². The zero-order valence-electron chi connectivity index (χ0n) is 32.4. The molecule has 2 aliphatic rings. The van der Waals surface area contributed by atoms with Crippen LogP contribution in [0.2, 0.25) is 0 Å². The van der Waals surface area contributed by atoms with Crippen LogP contribution in [0.5, 0.6) is 5.75 Å². The van der Waals surface area contributed by atoms with E-state index in [1.54, 1.807) is 106 Å². The topological polar surface area (TPSA) is 193 Å². The standard InChI is InChI=1S/C42H50N6O9/c1-4-13-32(38(51)40(53)43-25-35(50)46-36(41(54)47(2)3)28-15-7-5-8-16-28)44-39(52)33-24-31-26-48(33)42(55)37(29-17-9-6-10-18-29)45-34(49)23-27-14-11-19-30(22-27)56-20-12-21-57-31/h5-11,14-19,22,31-33,36-37H,4,12-13,20-21,23-26H2,1-3H3,(H,43,53)(H,44,52)(H,45,49)(H,46,50)/t31-,32?,33+,36+,37+/m1/s1. The Morgan fingerprint density at radius 3 is 2.33 bits per heavy atom. The van der Waals surface area contributed by atoms with E-state index in [0.29, 0.717) is 48.5 Å². The molecule has 0 spiro atoms. The van der Waals surface area contributed by atoms with Crippen LogP contribution >= 0.6 is 0 Å². The summed E-state index contributed by atoms with van der Waals surface area (Å²) in [5, 5.41) is 10.5. The third kappa shape index (κ3) is 11.5. The van der Waals surface area contributed by atoms with Crippen molar-refractivity contribution < 1.29 is 43.0 Å². The first-order chi connectivity index (χ1) is 27.4. The lowest BCUT2D eigenvalue weighted by molar-refractivity contribution is -0.143. The highest BCUT2D eigenvalue weighted by Gasteiger charge is 2.44. The van der Waals surface area contributed by atoms with Crippen molar-refractivity contribution in [3.05, 3.63) is 102 Å². The first kappa shape index (κ1) is 42.1. The Kier molecular flexibility index (Phi) is 14.9. The van der Waals surface area contributed by atoms with E-state index in [0.717, 1.165) is 0 Å². The van der Waals surface area contributed by atoms with Crippen LogP contribution in [0.1, 0.15) is 61.4 Å². The summed E-state index contributed by atoms with van der Waals surface area (Å²) in [6.45, 7) is 1.85. The molecule has 3 aromatic carbocycles. The molecule has 5 rings (SSSR count). The smallest absolute Gasteiger partial charge is 0.290 e. The van der Waals surface area contributed by atoms with Crippen molar-refractivity contribution in [2.75, 3.05) is 40.4 Å². The molecule has 1 saturated heterocycles. The van der Waals surface area contributed by atoms with Gasteiger partial charge >= 0.3 is 0 Å². The molecule has 0 saturated carbocycles. The fourth-order valence-corrected chi connectivity index (χ4v) is 6.79. The van der Waals surface area contributed by atoms with Gasteiger partial charge in [0, 0.05) is 33.5 Å². The normalized spacial score (nSPS) is 19.6. The van der Waals surface area contributed by atoms with Gasteiger partial charge in [0.15, 0.2) is 0 Å². The zero-order valence-corrected chi connectivity index (χ0v) is 32.4. The minimum absolute atomic E-state index is 0.0180. The average molecular weight is 783 g/mol. The summed E-state index contributed by atoms with van der Waals surface area (Å²) in [6.07, 6.45) is 0.577. The van der Waals surface area contributed by atoms with Gasteiger partial charge in [0.05, 0.1) is 38.3 Å². The lowest BCUT2D eigenvalue weighted by Crippen LogP contribution is -2.55. The van der Waals surface area contributed by atoms with Crippen LogP contribution < -0.4 is 26.0 Å². The highest BCUT2D eigenvalue weighted by atomic mass is 16.5. The number of ether oxygens (including phenoxy) is 2. The van der Waals surface area contributed by atoms with Gasteiger partial charge in [0.1, 0.15) is 23.9 Å². The van der Waals surface area contributed by atoms with Crippen molar-refractivity contribution in [2.45, 2.75) is 69.3 Å². The van der Waals surface area contributed by atoms with Gasteiger partial charge in [-0.25, -0.2) is 0 Å². The minimum Gasteiger partial charge on any atom is -0.493 e. The number of amides is 6. The number of Topliss-reactive ketones (excluding diaryl/α,β-unsaturated/α-hetero) is 1. The Morgan fingerprint density at radius 2 is 1.63 bits per heavy atom. The molecule has 0 aliphatic carbocycles. The number of hydrogen-bond acceptors (Lipinski definition) is 9. The van der Waals surface area contributed by atoms with Crippen molar-refractivity contribution in [1.29, 1.82) is 0 Å². The fraction of sp³-hybridized carbons (Fsp3) is 0.405. The molecule has 15 nitrogen and oxygen atoms in total. The number of likely N-dealkylation sites (N-methyl/N-ethyl adjacent to an activating group) is 1. The number of hydrogen-bond donors (Lipinski definition) is 4. The Hall–Kier alpha value is -6.09. The molecule has 1 unspecified atom stereocenters. The van der Waals surface area contributed by atoms with Gasteiger partial charge in [-0.1, -0.05) is 86.1 Å². The van der Waals surface area contributed by atoms with Gasteiger partial charge in [-0.3, -0.25) is 33.6 Å². The molecule has 1 fully saturated rings. The number of carbonyl (C=O) groups is 7. The number of ketones is 1. The molecule has 2 aliphatic heterocycles. The molecule has 4 N–H and O–H groups in total. The first-order valence-corrected chi connectivity index (χ1v) is 19.1. The maximum absolute atomic E-state index is 14.4. The third-order valence-electron chi connectivity index (χ3n) is 9.68. The second-order valence-electron chi connectivity index (χ2n) is 14.2. The molecule has 302 valence electrons. The van der Waals surface area contributed by atoms with Gasteiger partial charge in [-0.15, -0.1) is 0 Å². The van der Waals surface area contributed by atoms with Crippen LogP contribution in [0, 0.1) is 0 Å². The number of nitrogens with one attached hydrogen (secondary N) is 4. The minimum atomic E-state index is -1.27. The molecule has 5 atom stereocenters. The predicted molar refractivity (Wildman–Crippen MR) is 208 cm³/mol. The highest BCUT2D eigenvalue weighted by Crippen LogP contribution is 2.27. The SMILES string of the molecule is CCCC(NC(=O)[C@@H]1C[C@@H]2CN1C(=O)[C@H](c1ccccc1)NC(=O)Cc1cccc(c1)OCCCO2)C(=O)C(=O)NCC(=O)N[C@H](C(=O)N(C)C)c1ccccc1. The van der Waals surface area contributed by atoms with E-state index in [-0.39, 0.29) is 31.7 Å². The summed E-state index contributed by atoms with van der Waals surface area (Å²) in [7, 11) is 3.11. The lowest BCUT2D eigenvalue weighted by Gasteiger charge is -2.30. The third-order valence-corrected chi connectivity index (χ3v) is 9.68. The molecule has 57 heavy (non-hydrogen) atoms. The summed E-state index contributed by atoms with van der Waals surface area (Å²) in [4.78, 5) is 97.0. The predicted octanol–water partition coefficient (Wildman–Crippen LogP) is 1.77. The monoisotopic (exact) mass is 782 g/mol. The summed E-state index contributed by atoms with van der Waals surface area (Å²) in [6, 6.07) is 19.9. The number of rotatable bonds is 12. The number of carbonyl (C=O) groups excluding carboxylic acids is 7. The summed E-state index contributed by atoms with van der Waals surface area (Å²) < 4.78 is 12.0. The molecule has 15 heteroatoms. The van der Waals surface area contributed by atoms with Crippen molar-refractivity contribution in [2.24, 2.45) is 0 Å². The van der Waals surface area contributed by atoms with E-state index in [2.05, 4.69) is 21.3 Å². The number of benzene rings is 3. The molecular weight excluding hydrogens is 732 g/mol. The summed E-state index contributed by atoms with van der Waals surface area (Å²) in [5.41, 5.74) is 1.74. The highest BCUT2D eigenvalue weighted by molar-refractivity contribution is 6.38. The van der Waals surface area contributed by atoms with Crippen molar-refractivity contribution >= 4 is 41.2 Å². The van der Waals surface area contributed by atoms with Crippen LogP contribution in [0.3, 0.4) is 0 Å². The Labute approximate surface area is 331 Å². The maximum Gasteiger partial charge on any atom is 0.290 e. The number of fused-ring (bicyclic) bond motifs is 4. The van der Waals surface area contributed by atoms with E-state index < -0.39 is 72.1 Å². The molecule has 2 heterocycles.